The topological polar surface area (TPSA) is 66.1 Å². The number of benzene rings is 1. The molecule has 7 heteroatoms. The fourth-order valence-electron chi connectivity index (χ4n) is 3.65. The van der Waals surface area contributed by atoms with Crippen molar-refractivity contribution in [2.75, 3.05) is 57.4 Å². The van der Waals surface area contributed by atoms with E-state index in [1.165, 1.54) is 11.3 Å². The van der Waals surface area contributed by atoms with E-state index in [-0.39, 0.29) is 24.0 Å². The van der Waals surface area contributed by atoms with Crippen LogP contribution in [-0.4, -0.2) is 69.4 Å². The highest BCUT2D eigenvalue weighted by atomic mass is 127. The Labute approximate surface area is 174 Å². The van der Waals surface area contributed by atoms with E-state index in [1.54, 1.807) is 0 Å². The van der Waals surface area contributed by atoms with Crippen molar-refractivity contribution in [3.8, 4) is 0 Å². The number of hydrogen-bond acceptors (Lipinski definition) is 4. The van der Waals surface area contributed by atoms with Crippen LogP contribution < -0.4 is 16.0 Å². The molecule has 0 radical (unpaired) electrons. The van der Waals surface area contributed by atoms with Gasteiger partial charge in [0.25, 0.3) is 0 Å². The van der Waals surface area contributed by atoms with Crippen LogP contribution in [0.25, 0.3) is 0 Å². The lowest BCUT2D eigenvalue weighted by molar-refractivity contribution is 0.0377. The van der Waals surface area contributed by atoms with Gasteiger partial charge in [0.2, 0.25) is 0 Å². The molecule has 0 saturated carbocycles. The highest BCUT2D eigenvalue weighted by molar-refractivity contribution is 14.0. The van der Waals surface area contributed by atoms with Gasteiger partial charge in [0, 0.05) is 51.0 Å². The average Bonchev–Trinajstić information content (AvgIpc) is 2.95. The number of morpholine rings is 1. The minimum atomic E-state index is 0. The number of aliphatic imine (C=N–C) groups is 1. The first kappa shape index (κ1) is 21.2. The zero-order chi connectivity index (χ0) is 17.5. The van der Waals surface area contributed by atoms with Crippen molar-refractivity contribution in [3.05, 3.63) is 29.8 Å². The smallest absolute Gasteiger partial charge is 0.188 e. The zero-order valence-electron chi connectivity index (χ0n) is 15.7. The van der Waals surface area contributed by atoms with E-state index in [1.807, 2.05) is 0 Å². The molecule has 1 fully saturated rings. The van der Waals surface area contributed by atoms with Gasteiger partial charge in [-0.25, -0.2) is 0 Å². The van der Waals surface area contributed by atoms with Gasteiger partial charge in [0.05, 0.1) is 13.2 Å². The van der Waals surface area contributed by atoms with Crippen molar-refractivity contribution >= 4 is 35.6 Å². The quantitative estimate of drug-likeness (QED) is 0.273. The monoisotopic (exact) mass is 473 g/mol. The number of para-hydroxylation sites is 1. The standard InChI is InChI=1S/C19H31N5O.HI/c1-16-15-17-5-2-3-6-18(17)24(16)10-8-22-19(20)21-7-4-9-23-11-13-25-14-12-23;/h2-3,5-6,16H,4,7-15H2,1H3,(H3,20,21,22);1H. The van der Waals surface area contributed by atoms with Crippen molar-refractivity contribution in [2.24, 2.45) is 10.7 Å². The van der Waals surface area contributed by atoms with E-state index in [0.717, 1.165) is 65.3 Å². The molecule has 0 spiro atoms. The number of halogens is 1. The number of ether oxygens (including phenoxy) is 1. The van der Waals surface area contributed by atoms with Gasteiger partial charge in [-0.3, -0.25) is 9.89 Å². The molecule has 2 aliphatic rings. The molecule has 0 bridgehead atoms. The largest absolute Gasteiger partial charge is 0.379 e. The van der Waals surface area contributed by atoms with Gasteiger partial charge in [-0.2, -0.15) is 0 Å². The van der Waals surface area contributed by atoms with Gasteiger partial charge in [-0.15, -0.1) is 24.0 Å². The van der Waals surface area contributed by atoms with Crippen LogP contribution >= 0.6 is 24.0 Å². The molecule has 2 aliphatic heterocycles. The summed E-state index contributed by atoms with van der Waals surface area (Å²) in [6.07, 6.45) is 2.17. The fourth-order valence-corrected chi connectivity index (χ4v) is 3.65. The molecule has 2 heterocycles. The molecular weight excluding hydrogens is 441 g/mol. The van der Waals surface area contributed by atoms with Gasteiger partial charge >= 0.3 is 0 Å². The summed E-state index contributed by atoms with van der Waals surface area (Å²) in [6, 6.07) is 9.22. The molecule has 1 atom stereocenters. The van der Waals surface area contributed by atoms with Gasteiger partial charge in [0.1, 0.15) is 0 Å². The van der Waals surface area contributed by atoms with Crippen LogP contribution in [0.2, 0.25) is 0 Å². The number of nitrogens with two attached hydrogens (primary N) is 1. The summed E-state index contributed by atoms with van der Waals surface area (Å²) in [7, 11) is 0. The van der Waals surface area contributed by atoms with Crippen LogP contribution in [0.3, 0.4) is 0 Å². The Balaban J connectivity index is 0.00000243. The number of anilines is 1. The number of nitrogens with zero attached hydrogens (tertiary/aromatic N) is 3. The number of nitrogens with one attached hydrogen (secondary N) is 1. The number of hydrogen-bond donors (Lipinski definition) is 2. The minimum absolute atomic E-state index is 0. The second-order valence-corrected chi connectivity index (χ2v) is 6.88. The molecule has 0 amide bonds. The SMILES string of the molecule is CC1Cc2ccccc2N1CCNC(N)=NCCCN1CCOCC1.I. The number of rotatable bonds is 7. The normalized spacial score (nSPS) is 20.6. The Morgan fingerprint density at radius 3 is 2.85 bits per heavy atom. The fraction of sp³-hybridized carbons (Fsp3) is 0.632. The van der Waals surface area contributed by atoms with Crippen molar-refractivity contribution in [3.63, 3.8) is 0 Å². The van der Waals surface area contributed by atoms with Crippen LogP contribution in [0.1, 0.15) is 18.9 Å². The molecule has 26 heavy (non-hydrogen) atoms. The summed E-state index contributed by atoms with van der Waals surface area (Å²) in [6.45, 7) is 9.67. The summed E-state index contributed by atoms with van der Waals surface area (Å²) in [5, 5.41) is 3.25. The van der Waals surface area contributed by atoms with Crippen LogP contribution in [0.4, 0.5) is 5.69 Å². The van der Waals surface area contributed by atoms with Gasteiger partial charge in [-0.05, 0) is 31.4 Å². The molecule has 1 unspecified atom stereocenters. The number of guanidine groups is 1. The van der Waals surface area contributed by atoms with E-state index in [4.69, 9.17) is 10.5 Å². The van der Waals surface area contributed by atoms with E-state index in [2.05, 4.69) is 51.3 Å². The molecule has 3 rings (SSSR count). The van der Waals surface area contributed by atoms with Crippen LogP contribution in [0.15, 0.2) is 29.3 Å². The molecule has 6 nitrogen and oxygen atoms in total. The highest BCUT2D eigenvalue weighted by Crippen LogP contribution is 2.31. The highest BCUT2D eigenvalue weighted by Gasteiger charge is 2.24. The number of fused-ring (bicyclic) bond motifs is 1. The second-order valence-electron chi connectivity index (χ2n) is 6.88. The predicted molar refractivity (Wildman–Crippen MR) is 119 cm³/mol. The van der Waals surface area contributed by atoms with E-state index < -0.39 is 0 Å². The average molecular weight is 473 g/mol. The van der Waals surface area contributed by atoms with Crippen molar-refractivity contribution < 1.29 is 4.74 Å². The molecule has 1 aromatic rings. The summed E-state index contributed by atoms with van der Waals surface area (Å²) in [5.74, 6) is 0.558. The van der Waals surface area contributed by atoms with Crippen LogP contribution in [0.5, 0.6) is 0 Å². The molecule has 1 saturated heterocycles. The van der Waals surface area contributed by atoms with Crippen LogP contribution in [-0.2, 0) is 11.2 Å². The molecule has 3 N–H and O–H groups in total. The second kappa shape index (κ2) is 10.9. The van der Waals surface area contributed by atoms with E-state index >= 15 is 0 Å². The predicted octanol–water partition coefficient (Wildman–Crippen LogP) is 1.68. The molecular formula is C19H32IN5O. The summed E-state index contributed by atoms with van der Waals surface area (Å²) < 4.78 is 5.36. The Kier molecular flexibility index (Phi) is 8.94. The van der Waals surface area contributed by atoms with E-state index in [0.29, 0.717) is 12.0 Å². The Hall–Kier alpha value is -1.06. The molecule has 1 aromatic carbocycles. The molecule has 0 aliphatic carbocycles. The van der Waals surface area contributed by atoms with Crippen molar-refractivity contribution in [1.82, 2.24) is 10.2 Å². The lowest BCUT2D eigenvalue weighted by Gasteiger charge is -2.26. The van der Waals surface area contributed by atoms with Gasteiger partial charge in [0.15, 0.2) is 5.96 Å². The molecule has 146 valence electrons. The maximum atomic E-state index is 5.99. The third kappa shape index (κ3) is 5.99. The van der Waals surface area contributed by atoms with E-state index in [9.17, 15) is 0 Å². The Morgan fingerprint density at radius 2 is 2.04 bits per heavy atom. The first-order chi connectivity index (χ1) is 12.2. The minimum Gasteiger partial charge on any atom is -0.379 e. The first-order valence-electron chi connectivity index (χ1n) is 9.42. The zero-order valence-corrected chi connectivity index (χ0v) is 18.0. The lowest BCUT2D eigenvalue weighted by Crippen LogP contribution is -2.40. The third-order valence-corrected chi connectivity index (χ3v) is 5.03. The lowest BCUT2D eigenvalue weighted by atomic mass is 10.1. The third-order valence-electron chi connectivity index (χ3n) is 5.03. The molecule has 0 aromatic heterocycles. The van der Waals surface area contributed by atoms with Gasteiger partial charge in [-0.1, -0.05) is 18.2 Å². The maximum absolute atomic E-state index is 5.99. The van der Waals surface area contributed by atoms with Crippen molar-refractivity contribution in [2.45, 2.75) is 25.8 Å². The van der Waals surface area contributed by atoms with Gasteiger partial charge < -0.3 is 20.7 Å². The Bertz CT molecular complexity index is 577. The summed E-state index contributed by atoms with van der Waals surface area (Å²) >= 11 is 0. The first-order valence-corrected chi connectivity index (χ1v) is 9.42. The van der Waals surface area contributed by atoms with Crippen molar-refractivity contribution in [1.29, 1.82) is 0 Å². The summed E-state index contributed by atoms with van der Waals surface area (Å²) in [5.41, 5.74) is 8.80. The Morgan fingerprint density at radius 1 is 1.27 bits per heavy atom. The summed E-state index contributed by atoms with van der Waals surface area (Å²) in [4.78, 5) is 9.32. The van der Waals surface area contributed by atoms with Crippen LogP contribution in [0, 0.1) is 0 Å². The maximum Gasteiger partial charge on any atom is 0.188 e.